The van der Waals surface area contributed by atoms with Crippen molar-refractivity contribution < 1.29 is 18.3 Å². The Morgan fingerprint density at radius 3 is 2.70 bits per heavy atom. The maximum absolute atomic E-state index is 14.6. The smallest absolute Gasteiger partial charge is 0.257 e. The Hall–Kier alpha value is -2.25. The molecular weight excluding hydrogens is 370 g/mol. The number of ether oxygens (including phenoxy) is 1. The molecule has 4 rings (SSSR count). The molecule has 0 aliphatic carbocycles. The van der Waals surface area contributed by atoms with Gasteiger partial charge in [-0.25, -0.2) is 13.8 Å². The number of alkyl halides is 1. The maximum Gasteiger partial charge on any atom is 0.257 e. The molecule has 1 N–H and O–H groups in total. The minimum Gasteiger partial charge on any atom is -0.376 e. The zero-order valence-corrected chi connectivity index (χ0v) is 15.2. The average Bonchev–Trinajstić information content (AvgIpc) is 2.69. The Balaban J connectivity index is 1.71. The van der Waals surface area contributed by atoms with Gasteiger partial charge in [0.1, 0.15) is 17.5 Å². The lowest BCUT2D eigenvalue weighted by Gasteiger charge is -2.45. The lowest BCUT2D eigenvalue weighted by molar-refractivity contribution is -0.0527. The van der Waals surface area contributed by atoms with E-state index in [1.807, 2.05) is 6.07 Å². The molecule has 4 nitrogen and oxygen atoms in total. The number of amides is 1. The van der Waals surface area contributed by atoms with Crippen LogP contribution in [0.2, 0.25) is 0 Å². The van der Waals surface area contributed by atoms with Crippen molar-refractivity contribution in [3.8, 4) is 0 Å². The number of fused-ring (bicyclic) bond motifs is 1. The SMILES string of the molecule is O=C(NC1=N[C@@]2(c3ccccc3F)COC[C@@H](F)[C@H]2CS1)c1ccccc1. The predicted molar refractivity (Wildman–Crippen MR) is 101 cm³/mol. The predicted octanol–water partition coefficient (Wildman–Crippen LogP) is 3.54. The lowest BCUT2D eigenvalue weighted by atomic mass is 9.75. The second-order valence-corrected chi connectivity index (χ2v) is 7.60. The van der Waals surface area contributed by atoms with Crippen LogP contribution in [0, 0.1) is 11.7 Å². The van der Waals surface area contributed by atoms with Gasteiger partial charge in [0.25, 0.3) is 5.91 Å². The number of halogens is 2. The molecule has 2 aliphatic heterocycles. The second kappa shape index (κ2) is 7.40. The fourth-order valence-electron chi connectivity index (χ4n) is 3.56. The van der Waals surface area contributed by atoms with E-state index in [2.05, 4.69) is 10.3 Å². The molecule has 0 saturated carbocycles. The summed E-state index contributed by atoms with van der Waals surface area (Å²) in [6, 6.07) is 15.0. The molecule has 27 heavy (non-hydrogen) atoms. The van der Waals surface area contributed by atoms with Crippen molar-refractivity contribution in [3.05, 3.63) is 71.5 Å². The van der Waals surface area contributed by atoms with Gasteiger partial charge in [0.15, 0.2) is 5.17 Å². The van der Waals surface area contributed by atoms with Crippen LogP contribution in [0.1, 0.15) is 15.9 Å². The highest BCUT2D eigenvalue weighted by Crippen LogP contribution is 2.46. The van der Waals surface area contributed by atoms with E-state index in [0.717, 1.165) is 0 Å². The highest BCUT2D eigenvalue weighted by atomic mass is 32.2. The number of benzene rings is 2. The molecule has 1 saturated heterocycles. The lowest BCUT2D eigenvalue weighted by Crippen LogP contribution is -2.54. The van der Waals surface area contributed by atoms with E-state index < -0.39 is 23.4 Å². The number of carbonyl (C=O) groups excluding carboxylic acids is 1. The van der Waals surface area contributed by atoms with E-state index in [0.29, 0.717) is 22.0 Å². The molecule has 0 spiro atoms. The van der Waals surface area contributed by atoms with Gasteiger partial charge in [0.05, 0.1) is 13.2 Å². The molecule has 2 heterocycles. The molecule has 1 amide bonds. The van der Waals surface area contributed by atoms with Crippen molar-refractivity contribution in [1.82, 2.24) is 5.32 Å². The summed E-state index contributed by atoms with van der Waals surface area (Å²) in [5.74, 6) is -0.903. The molecule has 0 unspecified atom stereocenters. The number of rotatable bonds is 2. The minimum atomic E-state index is -1.25. The normalized spacial score (nSPS) is 27.4. The first kappa shape index (κ1) is 18.1. The van der Waals surface area contributed by atoms with Crippen LogP contribution in [0.4, 0.5) is 8.78 Å². The van der Waals surface area contributed by atoms with Crippen molar-refractivity contribution in [2.45, 2.75) is 11.7 Å². The molecule has 0 aromatic heterocycles. The number of amidine groups is 1. The van der Waals surface area contributed by atoms with E-state index in [9.17, 15) is 13.6 Å². The molecule has 2 aromatic rings. The summed E-state index contributed by atoms with van der Waals surface area (Å²) >= 11 is 1.27. The number of carbonyl (C=O) groups is 1. The van der Waals surface area contributed by atoms with Gasteiger partial charge in [-0.15, -0.1) is 0 Å². The Morgan fingerprint density at radius 1 is 1.19 bits per heavy atom. The second-order valence-electron chi connectivity index (χ2n) is 6.59. The van der Waals surface area contributed by atoms with Crippen LogP contribution in [-0.4, -0.2) is 36.2 Å². The van der Waals surface area contributed by atoms with E-state index in [4.69, 9.17) is 4.74 Å². The van der Waals surface area contributed by atoms with E-state index in [-0.39, 0.29) is 19.1 Å². The number of nitrogens with zero attached hydrogens (tertiary/aromatic N) is 1. The van der Waals surface area contributed by atoms with Crippen LogP contribution in [0.15, 0.2) is 59.6 Å². The van der Waals surface area contributed by atoms with E-state index >= 15 is 0 Å². The summed E-state index contributed by atoms with van der Waals surface area (Å²) < 4.78 is 34.6. The van der Waals surface area contributed by atoms with Crippen LogP contribution in [-0.2, 0) is 10.3 Å². The van der Waals surface area contributed by atoms with Crippen LogP contribution >= 0.6 is 11.8 Å². The zero-order chi connectivity index (χ0) is 18.9. The fraction of sp³-hybridized carbons (Fsp3) is 0.300. The van der Waals surface area contributed by atoms with Gasteiger partial charge in [-0.05, 0) is 18.2 Å². The number of hydrogen-bond acceptors (Lipinski definition) is 4. The third-order valence-corrected chi connectivity index (χ3v) is 5.94. The molecule has 0 bridgehead atoms. The Labute approximate surface area is 160 Å². The maximum atomic E-state index is 14.6. The summed E-state index contributed by atoms with van der Waals surface area (Å²) in [5.41, 5.74) is -0.400. The molecule has 7 heteroatoms. The number of hydrogen-bond donors (Lipinski definition) is 1. The molecule has 2 aliphatic rings. The summed E-state index contributed by atoms with van der Waals surface area (Å²) in [7, 11) is 0. The molecule has 140 valence electrons. The van der Waals surface area contributed by atoms with Crippen molar-refractivity contribution in [3.63, 3.8) is 0 Å². The van der Waals surface area contributed by atoms with Gasteiger partial charge >= 0.3 is 0 Å². The number of thioether (sulfide) groups is 1. The highest BCUT2D eigenvalue weighted by Gasteiger charge is 2.52. The number of aliphatic imine (C=N–C) groups is 1. The van der Waals surface area contributed by atoms with Crippen LogP contribution < -0.4 is 5.32 Å². The average molecular weight is 388 g/mol. The van der Waals surface area contributed by atoms with Gasteiger partial charge in [-0.2, -0.15) is 0 Å². The Morgan fingerprint density at radius 2 is 1.93 bits per heavy atom. The van der Waals surface area contributed by atoms with Gasteiger partial charge in [-0.3, -0.25) is 4.79 Å². The van der Waals surface area contributed by atoms with Gasteiger partial charge in [0.2, 0.25) is 0 Å². The standard InChI is InChI=1S/C20H18F2N2O2S/c21-16-9-5-4-8-14(16)20-12-26-10-17(22)15(20)11-27-19(24-20)23-18(25)13-6-2-1-3-7-13/h1-9,15,17H,10-12H2,(H,23,24,25)/t15-,17-,20-/m1/s1. The Bertz CT molecular complexity index is 877. The minimum absolute atomic E-state index is 0.0251. The van der Waals surface area contributed by atoms with Gasteiger partial charge in [0, 0.05) is 22.8 Å². The molecule has 3 atom stereocenters. The first-order chi connectivity index (χ1) is 13.1. The Kier molecular flexibility index (Phi) is 4.97. The summed E-state index contributed by atoms with van der Waals surface area (Å²) in [6.07, 6.45) is -1.25. The van der Waals surface area contributed by atoms with Crippen molar-refractivity contribution in [1.29, 1.82) is 0 Å². The molecule has 0 radical (unpaired) electrons. The quantitative estimate of drug-likeness (QED) is 0.856. The molecule has 2 aromatic carbocycles. The first-order valence-electron chi connectivity index (χ1n) is 8.66. The summed E-state index contributed by atoms with van der Waals surface area (Å²) in [6.45, 7) is 0.0486. The fourth-order valence-corrected chi connectivity index (χ4v) is 4.78. The van der Waals surface area contributed by atoms with E-state index in [1.54, 1.807) is 42.5 Å². The van der Waals surface area contributed by atoms with Crippen molar-refractivity contribution in [2.75, 3.05) is 19.0 Å². The third-order valence-electron chi connectivity index (χ3n) is 4.95. The largest absolute Gasteiger partial charge is 0.376 e. The highest BCUT2D eigenvalue weighted by molar-refractivity contribution is 8.13. The topological polar surface area (TPSA) is 50.7 Å². The number of nitrogens with one attached hydrogen (secondary N) is 1. The zero-order valence-electron chi connectivity index (χ0n) is 14.4. The van der Waals surface area contributed by atoms with Gasteiger partial charge in [-0.1, -0.05) is 48.2 Å². The van der Waals surface area contributed by atoms with Crippen LogP contribution in [0.25, 0.3) is 0 Å². The summed E-state index contributed by atoms with van der Waals surface area (Å²) in [5, 5.41) is 3.12. The molecule has 1 fully saturated rings. The van der Waals surface area contributed by atoms with Crippen molar-refractivity contribution in [2.24, 2.45) is 10.9 Å². The van der Waals surface area contributed by atoms with Crippen LogP contribution in [0.5, 0.6) is 0 Å². The third kappa shape index (κ3) is 3.37. The van der Waals surface area contributed by atoms with Crippen molar-refractivity contribution >= 4 is 22.8 Å². The van der Waals surface area contributed by atoms with E-state index in [1.165, 1.54) is 17.8 Å². The first-order valence-corrected chi connectivity index (χ1v) is 9.64. The van der Waals surface area contributed by atoms with Gasteiger partial charge < -0.3 is 10.1 Å². The van der Waals surface area contributed by atoms with Crippen LogP contribution in [0.3, 0.4) is 0 Å². The molecular formula is C20H18F2N2O2S. The summed E-state index contributed by atoms with van der Waals surface area (Å²) in [4.78, 5) is 17.1. The monoisotopic (exact) mass is 388 g/mol.